The van der Waals surface area contributed by atoms with Gasteiger partial charge in [0.05, 0.1) is 0 Å². The Hall–Kier alpha value is -1.12. The van der Waals surface area contributed by atoms with Crippen molar-refractivity contribution < 1.29 is 0 Å². The van der Waals surface area contributed by atoms with Crippen LogP contribution in [0, 0.1) is 0 Å². The van der Waals surface area contributed by atoms with E-state index in [2.05, 4.69) is 26.1 Å². The van der Waals surface area contributed by atoms with Gasteiger partial charge in [-0.05, 0) is 32.1 Å². The zero-order valence-corrected chi connectivity index (χ0v) is 11.9. The van der Waals surface area contributed by atoms with Crippen molar-refractivity contribution in [3.05, 3.63) is 17.1 Å². The smallest absolute Gasteiger partial charge is 0.133 e. The molecule has 0 amide bonds. The summed E-state index contributed by atoms with van der Waals surface area (Å²) in [6.07, 6.45) is 7.27. The minimum atomic E-state index is 0.403. The number of aromatic nitrogens is 2. The molecule has 0 aromatic carbocycles. The Labute approximate surface area is 110 Å². The Bertz CT molecular complexity index is 399. The molecule has 1 aliphatic rings. The van der Waals surface area contributed by atoms with E-state index < -0.39 is 0 Å². The van der Waals surface area contributed by atoms with Crippen LogP contribution < -0.4 is 5.32 Å². The van der Waals surface area contributed by atoms with E-state index in [4.69, 9.17) is 9.97 Å². The molecule has 1 aromatic heterocycles. The Balaban J connectivity index is 2.37. The fourth-order valence-corrected chi connectivity index (χ4v) is 2.44. The number of nitrogens with one attached hydrogen (secondary N) is 1. The number of anilines is 1. The molecule has 1 aliphatic carbocycles. The van der Waals surface area contributed by atoms with Gasteiger partial charge in [-0.2, -0.15) is 0 Å². The molecule has 1 N–H and O–H groups in total. The van der Waals surface area contributed by atoms with E-state index in [1.54, 1.807) is 0 Å². The standard InChI is InChI=1S/C15H25N3/c1-4-10-16-15-12-8-6-5-7-9-13(12)17-14(18-15)11(2)3/h11H,4-10H2,1-3H3,(H,16,17,18). The molecule has 1 aromatic rings. The van der Waals surface area contributed by atoms with Gasteiger partial charge in [0.1, 0.15) is 11.6 Å². The molecule has 0 saturated heterocycles. The lowest BCUT2D eigenvalue weighted by atomic mass is 10.1. The number of fused-ring (bicyclic) bond motifs is 1. The van der Waals surface area contributed by atoms with Crippen LogP contribution in [0.5, 0.6) is 0 Å². The molecular formula is C15H25N3. The second-order valence-corrected chi connectivity index (χ2v) is 5.50. The lowest BCUT2D eigenvalue weighted by Crippen LogP contribution is -2.12. The maximum atomic E-state index is 4.79. The fourth-order valence-electron chi connectivity index (χ4n) is 2.44. The number of aryl methyl sites for hydroxylation is 1. The first kappa shape index (κ1) is 13.3. The molecular weight excluding hydrogens is 222 g/mol. The van der Waals surface area contributed by atoms with Crippen molar-refractivity contribution in [1.82, 2.24) is 9.97 Å². The highest BCUT2D eigenvalue weighted by Crippen LogP contribution is 2.26. The van der Waals surface area contributed by atoms with E-state index in [-0.39, 0.29) is 0 Å². The van der Waals surface area contributed by atoms with Crippen LogP contribution in [-0.4, -0.2) is 16.5 Å². The predicted octanol–water partition coefficient (Wildman–Crippen LogP) is 3.69. The van der Waals surface area contributed by atoms with Crippen molar-refractivity contribution in [1.29, 1.82) is 0 Å². The zero-order chi connectivity index (χ0) is 13.0. The van der Waals surface area contributed by atoms with Crippen molar-refractivity contribution in [3.8, 4) is 0 Å². The first-order valence-corrected chi connectivity index (χ1v) is 7.36. The van der Waals surface area contributed by atoms with Crippen LogP contribution in [0.15, 0.2) is 0 Å². The molecule has 0 bridgehead atoms. The molecule has 0 radical (unpaired) electrons. The van der Waals surface area contributed by atoms with Crippen LogP contribution in [0.2, 0.25) is 0 Å². The van der Waals surface area contributed by atoms with Crippen LogP contribution in [0.3, 0.4) is 0 Å². The Morgan fingerprint density at radius 1 is 1.11 bits per heavy atom. The highest BCUT2D eigenvalue weighted by Gasteiger charge is 2.17. The highest BCUT2D eigenvalue weighted by molar-refractivity contribution is 5.47. The molecule has 18 heavy (non-hydrogen) atoms. The highest BCUT2D eigenvalue weighted by atomic mass is 15.0. The van der Waals surface area contributed by atoms with Gasteiger partial charge in [0.2, 0.25) is 0 Å². The summed E-state index contributed by atoms with van der Waals surface area (Å²) in [5.74, 6) is 2.50. The molecule has 3 nitrogen and oxygen atoms in total. The van der Waals surface area contributed by atoms with E-state index in [1.165, 1.54) is 30.5 Å². The van der Waals surface area contributed by atoms with Crippen LogP contribution in [-0.2, 0) is 12.8 Å². The lowest BCUT2D eigenvalue weighted by Gasteiger charge is -2.15. The summed E-state index contributed by atoms with van der Waals surface area (Å²) in [5.41, 5.74) is 2.68. The first-order valence-electron chi connectivity index (χ1n) is 7.36. The number of hydrogen-bond donors (Lipinski definition) is 1. The van der Waals surface area contributed by atoms with Gasteiger partial charge < -0.3 is 5.32 Å². The normalized spacial score (nSPS) is 15.3. The second kappa shape index (κ2) is 6.17. The summed E-state index contributed by atoms with van der Waals surface area (Å²) in [6.45, 7) is 7.53. The summed E-state index contributed by atoms with van der Waals surface area (Å²) in [7, 11) is 0. The summed E-state index contributed by atoms with van der Waals surface area (Å²) >= 11 is 0. The Morgan fingerprint density at radius 2 is 1.89 bits per heavy atom. The fraction of sp³-hybridized carbons (Fsp3) is 0.733. The van der Waals surface area contributed by atoms with Crippen molar-refractivity contribution in [3.63, 3.8) is 0 Å². The summed E-state index contributed by atoms with van der Waals surface area (Å²) in [5, 5.41) is 3.49. The molecule has 1 heterocycles. The van der Waals surface area contributed by atoms with E-state index in [0.717, 1.165) is 37.4 Å². The number of rotatable bonds is 4. The average Bonchev–Trinajstić information content (AvgIpc) is 2.60. The molecule has 0 fully saturated rings. The maximum absolute atomic E-state index is 4.79. The zero-order valence-electron chi connectivity index (χ0n) is 11.9. The average molecular weight is 247 g/mol. The van der Waals surface area contributed by atoms with Crippen LogP contribution in [0.1, 0.15) is 69.5 Å². The summed E-state index contributed by atoms with van der Waals surface area (Å²) < 4.78 is 0. The first-order chi connectivity index (χ1) is 8.72. The molecule has 0 atom stereocenters. The van der Waals surface area contributed by atoms with Gasteiger partial charge in [0, 0.05) is 23.7 Å². The third-order valence-corrected chi connectivity index (χ3v) is 3.51. The van der Waals surface area contributed by atoms with Gasteiger partial charge in [-0.3, -0.25) is 0 Å². The van der Waals surface area contributed by atoms with Gasteiger partial charge in [-0.1, -0.05) is 27.2 Å². The molecule has 0 aliphatic heterocycles. The van der Waals surface area contributed by atoms with Crippen LogP contribution >= 0.6 is 0 Å². The van der Waals surface area contributed by atoms with Gasteiger partial charge in [0.15, 0.2) is 0 Å². The minimum Gasteiger partial charge on any atom is -0.370 e. The van der Waals surface area contributed by atoms with E-state index >= 15 is 0 Å². The largest absolute Gasteiger partial charge is 0.370 e. The quantitative estimate of drug-likeness (QED) is 0.825. The molecule has 0 spiro atoms. The topological polar surface area (TPSA) is 37.8 Å². The summed E-state index contributed by atoms with van der Waals surface area (Å²) in [6, 6.07) is 0. The van der Waals surface area contributed by atoms with Crippen LogP contribution in [0.25, 0.3) is 0 Å². The number of hydrogen-bond acceptors (Lipinski definition) is 3. The summed E-state index contributed by atoms with van der Waals surface area (Å²) in [4.78, 5) is 9.53. The molecule has 0 saturated carbocycles. The Kier molecular flexibility index (Phi) is 4.56. The van der Waals surface area contributed by atoms with Crippen molar-refractivity contribution in [2.75, 3.05) is 11.9 Å². The molecule has 3 heteroatoms. The molecule has 2 rings (SSSR count). The third-order valence-electron chi connectivity index (χ3n) is 3.51. The van der Waals surface area contributed by atoms with Crippen molar-refractivity contribution >= 4 is 5.82 Å². The molecule has 100 valence electrons. The Morgan fingerprint density at radius 3 is 2.61 bits per heavy atom. The predicted molar refractivity (Wildman–Crippen MR) is 76.2 cm³/mol. The number of nitrogens with zero attached hydrogens (tertiary/aromatic N) is 2. The van der Waals surface area contributed by atoms with Crippen molar-refractivity contribution in [2.24, 2.45) is 0 Å². The lowest BCUT2D eigenvalue weighted by molar-refractivity contribution is 0.705. The second-order valence-electron chi connectivity index (χ2n) is 5.50. The van der Waals surface area contributed by atoms with Gasteiger partial charge >= 0.3 is 0 Å². The van der Waals surface area contributed by atoms with E-state index in [9.17, 15) is 0 Å². The monoisotopic (exact) mass is 247 g/mol. The van der Waals surface area contributed by atoms with Gasteiger partial charge in [-0.25, -0.2) is 9.97 Å². The van der Waals surface area contributed by atoms with Gasteiger partial charge in [0.25, 0.3) is 0 Å². The van der Waals surface area contributed by atoms with Crippen LogP contribution in [0.4, 0.5) is 5.82 Å². The van der Waals surface area contributed by atoms with Gasteiger partial charge in [-0.15, -0.1) is 0 Å². The maximum Gasteiger partial charge on any atom is 0.133 e. The van der Waals surface area contributed by atoms with E-state index in [0.29, 0.717) is 5.92 Å². The van der Waals surface area contributed by atoms with Crippen molar-refractivity contribution in [2.45, 2.75) is 65.2 Å². The van der Waals surface area contributed by atoms with E-state index in [1.807, 2.05) is 0 Å². The minimum absolute atomic E-state index is 0.403. The molecule has 0 unspecified atom stereocenters. The third kappa shape index (κ3) is 3.01. The SMILES string of the molecule is CCCNc1nc(C(C)C)nc2c1CCCCC2.